The number of nitrogens with two attached hydrogens (primary N) is 1. The number of carboxylic acids is 1. The fraction of sp³-hybridized carbons (Fsp3) is 0.762. The lowest BCUT2D eigenvalue weighted by Gasteiger charge is -2.37. The number of hydrogen-bond acceptors (Lipinski definition) is 15. The third-order valence-corrected chi connectivity index (χ3v) is 12.6. The van der Waals surface area contributed by atoms with E-state index in [0.717, 1.165) is 41.2 Å². The minimum Gasteiger partial charge on any atom is -0.480 e. The molecule has 1 fully saturated rings. The highest BCUT2D eigenvalue weighted by Gasteiger charge is 2.41. The first-order valence-electron chi connectivity index (χ1n) is 21.8. The molecule has 1 aliphatic heterocycles. The maximum Gasteiger partial charge on any atom is 0.408 e. The number of nitrogens with zero attached hydrogens (tertiary/aromatic N) is 4. The second kappa shape index (κ2) is 25.9. The summed E-state index contributed by atoms with van der Waals surface area (Å²) in [4.78, 5) is 140. The van der Waals surface area contributed by atoms with Crippen LogP contribution >= 0.6 is 21.6 Å². The van der Waals surface area contributed by atoms with Crippen LogP contribution in [0.2, 0.25) is 0 Å². The summed E-state index contributed by atoms with van der Waals surface area (Å²) in [5.74, 6) is -8.16. The van der Waals surface area contributed by atoms with E-state index >= 15 is 0 Å². The smallest absolute Gasteiger partial charge is 0.408 e. The number of aliphatic carboxylic acids is 1. The average Bonchev–Trinajstić information content (AvgIpc) is 3.18. The Kier molecular flexibility index (Phi) is 23.2. The van der Waals surface area contributed by atoms with Crippen LogP contribution in [0.25, 0.3) is 0 Å². The van der Waals surface area contributed by atoms with Crippen molar-refractivity contribution in [1.29, 1.82) is 0 Å². The van der Waals surface area contributed by atoms with Crippen molar-refractivity contribution in [1.82, 2.24) is 46.2 Å². The zero-order valence-corrected chi connectivity index (χ0v) is 43.3. The molecule has 1 aliphatic rings. The molecule has 23 nitrogen and oxygen atoms in total. The van der Waals surface area contributed by atoms with Gasteiger partial charge in [-0.1, -0.05) is 49.3 Å². The number of alkyl carbamates (subject to hydrolysis) is 2. The van der Waals surface area contributed by atoms with Crippen LogP contribution in [0.4, 0.5) is 9.59 Å². The summed E-state index contributed by atoms with van der Waals surface area (Å²) in [5.41, 5.74) is 3.90. The molecule has 8 N–H and O–H groups in total. The Balaban J connectivity index is 3.85. The van der Waals surface area contributed by atoms with Gasteiger partial charge in [-0.2, -0.15) is 0 Å². The SMILES string of the molecule is CC(C)[C@@H](C(=O)O)N(C)C(=O)[C@@H]1CSSC[C@H](N(C)C(=O)[C@H](C)NC(=O)[C@@H](CN)NC(=O)OC(C)(C)C)C(=O)N(C)[C@@H](C(C)C)C(=O)NC[C@@H](NC(=O)OC(C)(C)C)C(=O)N[C@@H](C)C(=O)N1C. The lowest BCUT2D eigenvalue weighted by molar-refractivity contribution is -0.154. The van der Waals surface area contributed by atoms with Crippen molar-refractivity contribution >= 4 is 81.1 Å². The second-order valence-electron chi connectivity index (χ2n) is 19.0. The highest BCUT2D eigenvalue weighted by molar-refractivity contribution is 8.76. The highest BCUT2D eigenvalue weighted by Crippen LogP contribution is 2.28. The topological polar surface area (TPSA) is 309 Å². The third kappa shape index (κ3) is 18.5. The Labute approximate surface area is 401 Å². The van der Waals surface area contributed by atoms with Crippen LogP contribution in [0.3, 0.4) is 0 Å². The normalized spacial score (nSPS) is 22.2. The molecular formula is C42H74N10O13S2. The minimum atomic E-state index is -1.53. The summed E-state index contributed by atoms with van der Waals surface area (Å²) in [6, 6.07) is -10.6. The Morgan fingerprint density at radius 2 is 1.37 bits per heavy atom. The quantitative estimate of drug-likeness (QED) is 0.126. The predicted molar refractivity (Wildman–Crippen MR) is 252 cm³/mol. The number of amides is 9. The maximum atomic E-state index is 14.6. The van der Waals surface area contributed by atoms with Gasteiger partial charge in [-0.3, -0.25) is 33.6 Å². The molecule has 382 valence electrons. The van der Waals surface area contributed by atoms with E-state index in [1.165, 1.54) is 42.0 Å². The zero-order valence-electron chi connectivity index (χ0n) is 41.6. The fourth-order valence-corrected chi connectivity index (χ4v) is 9.34. The summed E-state index contributed by atoms with van der Waals surface area (Å²) in [6.07, 6.45) is -1.94. The van der Waals surface area contributed by atoms with Crippen LogP contribution in [0.15, 0.2) is 0 Å². The molecule has 1 heterocycles. The van der Waals surface area contributed by atoms with Crippen molar-refractivity contribution in [3.05, 3.63) is 0 Å². The van der Waals surface area contributed by atoms with E-state index in [0.29, 0.717) is 0 Å². The van der Waals surface area contributed by atoms with Gasteiger partial charge in [-0.05, 0) is 67.2 Å². The number of carbonyl (C=O) groups excluding carboxylic acids is 9. The van der Waals surface area contributed by atoms with Crippen molar-refractivity contribution in [2.24, 2.45) is 17.6 Å². The first kappa shape index (κ1) is 60.0. The van der Waals surface area contributed by atoms with Crippen molar-refractivity contribution < 1.29 is 62.5 Å². The molecule has 8 atom stereocenters. The van der Waals surface area contributed by atoms with E-state index in [4.69, 9.17) is 15.2 Å². The molecule has 67 heavy (non-hydrogen) atoms. The molecular weight excluding hydrogens is 917 g/mol. The van der Waals surface area contributed by atoms with Crippen LogP contribution < -0.4 is 32.3 Å². The summed E-state index contributed by atoms with van der Waals surface area (Å²) < 4.78 is 10.6. The zero-order chi connectivity index (χ0) is 52.0. The van der Waals surface area contributed by atoms with Gasteiger partial charge in [0.05, 0.1) is 0 Å². The van der Waals surface area contributed by atoms with E-state index in [9.17, 15) is 53.1 Å². The molecule has 0 aromatic heterocycles. The van der Waals surface area contributed by atoms with Crippen molar-refractivity contribution in [2.75, 3.05) is 52.8 Å². The number of ether oxygens (including phenoxy) is 2. The van der Waals surface area contributed by atoms with Crippen molar-refractivity contribution in [3.63, 3.8) is 0 Å². The number of carbonyl (C=O) groups is 10. The van der Waals surface area contributed by atoms with Crippen LogP contribution in [0, 0.1) is 11.8 Å². The van der Waals surface area contributed by atoms with Crippen LogP contribution in [0.1, 0.15) is 83.1 Å². The van der Waals surface area contributed by atoms with E-state index < -0.39 is 137 Å². The van der Waals surface area contributed by atoms with Gasteiger partial charge in [0.15, 0.2) is 0 Å². The molecule has 0 unspecified atom stereocenters. The van der Waals surface area contributed by atoms with Gasteiger partial charge in [0, 0.05) is 52.8 Å². The minimum absolute atomic E-state index is 0.165. The van der Waals surface area contributed by atoms with E-state index in [1.807, 2.05) is 0 Å². The first-order chi connectivity index (χ1) is 30.7. The molecule has 25 heteroatoms. The molecule has 0 aliphatic carbocycles. The summed E-state index contributed by atoms with van der Waals surface area (Å²) >= 11 is 0. The Bertz CT molecular complexity index is 1810. The first-order valence-corrected chi connectivity index (χ1v) is 24.3. The van der Waals surface area contributed by atoms with Gasteiger partial charge in [0.1, 0.15) is 59.5 Å². The van der Waals surface area contributed by atoms with Gasteiger partial charge >= 0.3 is 18.2 Å². The highest BCUT2D eigenvalue weighted by atomic mass is 33.1. The number of rotatable bonds is 12. The van der Waals surface area contributed by atoms with E-state index in [2.05, 4.69) is 26.6 Å². The second-order valence-corrected chi connectivity index (χ2v) is 21.5. The van der Waals surface area contributed by atoms with Gasteiger partial charge in [0.25, 0.3) is 0 Å². The molecule has 1 saturated heterocycles. The lowest BCUT2D eigenvalue weighted by Crippen LogP contribution is -2.61. The largest absolute Gasteiger partial charge is 0.480 e. The Morgan fingerprint density at radius 3 is 1.87 bits per heavy atom. The summed E-state index contributed by atoms with van der Waals surface area (Å²) in [6.45, 7) is 18.1. The molecule has 0 aromatic rings. The van der Waals surface area contributed by atoms with Crippen molar-refractivity contribution in [3.8, 4) is 0 Å². The van der Waals surface area contributed by atoms with Crippen LogP contribution in [-0.2, 0) is 47.8 Å². The van der Waals surface area contributed by atoms with Gasteiger partial charge in [0.2, 0.25) is 41.4 Å². The predicted octanol–water partition coefficient (Wildman–Crippen LogP) is -0.0431. The summed E-state index contributed by atoms with van der Waals surface area (Å²) in [7, 11) is 7.36. The maximum absolute atomic E-state index is 14.6. The fourth-order valence-electron chi connectivity index (χ4n) is 6.81. The molecule has 9 amide bonds. The Morgan fingerprint density at radius 1 is 0.836 bits per heavy atom. The van der Waals surface area contributed by atoms with E-state index in [-0.39, 0.29) is 18.1 Å². The van der Waals surface area contributed by atoms with Crippen LogP contribution in [0.5, 0.6) is 0 Å². The summed E-state index contributed by atoms with van der Waals surface area (Å²) in [5, 5.41) is 22.5. The Hall–Kier alpha value is -5.04. The number of nitrogens with one attached hydrogen (secondary N) is 5. The molecule has 0 spiro atoms. The molecule has 0 radical (unpaired) electrons. The van der Waals surface area contributed by atoms with Gasteiger partial charge in [-0.25, -0.2) is 14.4 Å². The monoisotopic (exact) mass is 990 g/mol. The molecule has 0 saturated carbocycles. The average molecular weight is 991 g/mol. The number of hydrogen-bond donors (Lipinski definition) is 7. The van der Waals surface area contributed by atoms with Gasteiger partial charge in [-0.15, -0.1) is 0 Å². The molecule has 1 rings (SSSR count). The molecule has 0 bridgehead atoms. The standard InChI is InChI=1S/C42H74N10O13S2/c1-21(2)29-33(55)44-18-26(48-40(63)65-42(10,11)12)32(54)46-24(6)35(57)50(14)28(37(59)52(16)30(22(3)4)38(60)61)20-67-66-19-27(36(58)51(29)15)49(13)34(56)23(5)45-31(53)25(17-43)47-39(62)64-41(7,8)9/h21-30H,17-20,43H2,1-16H3,(H,44,55)(H,45,53)(H,46,54)(H,47,62)(H,48,63)(H,60,61)/t23-,24-,25+,26+,27-,28-,29-,30-/m0/s1. The van der Waals surface area contributed by atoms with Crippen LogP contribution in [-0.4, -0.2) is 197 Å². The lowest BCUT2D eigenvalue weighted by atomic mass is 10.0. The molecule has 0 aromatic carbocycles. The number of likely N-dealkylation sites (N-methyl/N-ethyl adjacent to an activating group) is 4. The van der Waals surface area contributed by atoms with Gasteiger partial charge < -0.3 is 66.5 Å². The number of carboxylic acid groups (broad SMARTS) is 1. The third-order valence-electron chi connectivity index (χ3n) is 10.2. The van der Waals surface area contributed by atoms with E-state index in [1.54, 1.807) is 69.2 Å². The van der Waals surface area contributed by atoms with Crippen molar-refractivity contribution in [2.45, 2.75) is 143 Å².